The van der Waals surface area contributed by atoms with E-state index in [9.17, 15) is 9.59 Å². The summed E-state index contributed by atoms with van der Waals surface area (Å²) in [6.45, 7) is 5.50. The average molecular weight is 312 g/mol. The van der Waals surface area contributed by atoms with Crippen LogP contribution in [0.4, 0.5) is 4.79 Å². The van der Waals surface area contributed by atoms with Crippen molar-refractivity contribution in [3.8, 4) is 0 Å². The van der Waals surface area contributed by atoms with Crippen molar-refractivity contribution < 1.29 is 14.3 Å². The third kappa shape index (κ3) is 3.39. The van der Waals surface area contributed by atoms with Gasteiger partial charge in [-0.2, -0.15) is 0 Å². The summed E-state index contributed by atoms with van der Waals surface area (Å²) in [5.74, 6) is -0.279. The van der Waals surface area contributed by atoms with Crippen LogP contribution in [0, 0.1) is 0 Å². The molecule has 0 saturated carbocycles. The number of hydrogen-bond donors (Lipinski definition) is 4. The molecule has 0 aromatic carbocycles. The lowest BCUT2D eigenvalue weighted by Gasteiger charge is -2.32. The van der Waals surface area contributed by atoms with E-state index in [0.29, 0.717) is 0 Å². The number of rotatable bonds is 5. The van der Waals surface area contributed by atoms with Gasteiger partial charge >= 0.3 is 6.03 Å². The lowest BCUT2D eigenvalue weighted by molar-refractivity contribution is -0.124. The highest BCUT2D eigenvalue weighted by Crippen LogP contribution is 2.12. The summed E-state index contributed by atoms with van der Waals surface area (Å²) in [6, 6.07) is -0.784. The van der Waals surface area contributed by atoms with Crippen LogP contribution < -0.4 is 21.3 Å². The zero-order chi connectivity index (χ0) is 15.5. The highest BCUT2D eigenvalue weighted by molar-refractivity contribution is 6.00. The lowest BCUT2D eigenvalue weighted by Crippen LogP contribution is -2.64. The summed E-state index contributed by atoms with van der Waals surface area (Å²) < 4.78 is 5.32. The van der Waals surface area contributed by atoms with Crippen LogP contribution in [0.1, 0.15) is 6.42 Å². The first-order valence-corrected chi connectivity index (χ1v) is 7.78. The Hall–Kier alpha value is -1.26. The van der Waals surface area contributed by atoms with Gasteiger partial charge in [0.05, 0.1) is 13.2 Å². The van der Waals surface area contributed by atoms with Crippen molar-refractivity contribution in [1.29, 1.82) is 0 Å². The molecule has 3 amide bonds. The molecule has 3 fully saturated rings. The lowest BCUT2D eigenvalue weighted by atomic mass is 10.2. The van der Waals surface area contributed by atoms with E-state index in [-0.39, 0.29) is 24.4 Å². The molecule has 22 heavy (non-hydrogen) atoms. The quantitative estimate of drug-likeness (QED) is 0.422. The zero-order valence-electron chi connectivity index (χ0n) is 12.8. The fraction of sp³-hybridized carbons (Fsp3) is 0.846. The van der Waals surface area contributed by atoms with Gasteiger partial charge in [0.2, 0.25) is 5.91 Å². The van der Waals surface area contributed by atoms with E-state index in [1.165, 1.54) is 4.90 Å². The van der Waals surface area contributed by atoms with Crippen molar-refractivity contribution in [2.24, 2.45) is 0 Å². The topological polar surface area (TPSA) is 98.0 Å². The van der Waals surface area contributed by atoms with Gasteiger partial charge in [-0.05, 0) is 19.5 Å². The highest BCUT2D eigenvalue weighted by Gasteiger charge is 2.45. The predicted molar refractivity (Wildman–Crippen MR) is 78.8 cm³/mol. The summed E-state index contributed by atoms with van der Waals surface area (Å²) in [5.41, 5.74) is 0. The van der Waals surface area contributed by atoms with Crippen molar-refractivity contribution in [1.82, 2.24) is 31.1 Å². The summed E-state index contributed by atoms with van der Waals surface area (Å²) in [7, 11) is 1.68. The maximum absolute atomic E-state index is 11.8. The molecule has 0 aromatic heterocycles. The summed E-state index contributed by atoms with van der Waals surface area (Å²) in [4.78, 5) is 27.3. The Bertz CT molecular complexity index is 428. The second kappa shape index (κ2) is 6.88. The molecule has 9 nitrogen and oxygen atoms in total. The number of ether oxygens (including phenoxy) is 1. The van der Waals surface area contributed by atoms with E-state index in [2.05, 4.69) is 26.2 Å². The number of carbonyl (C=O) groups excluding carboxylic acids is 2. The first-order chi connectivity index (χ1) is 10.6. The van der Waals surface area contributed by atoms with Crippen LogP contribution in [0.2, 0.25) is 0 Å². The van der Waals surface area contributed by atoms with Crippen LogP contribution in [-0.4, -0.2) is 86.7 Å². The van der Waals surface area contributed by atoms with Gasteiger partial charge in [0.25, 0.3) is 0 Å². The smallest absolute Gasteiger partial charge is 0.325 e. The molecule has 3 aliphatic rings. The monoisotopic (exact) mass is 312 g/mol. The normalized spacial score (nSPS) is 33.0. The summed E-state index contributed by atoms with van der Waals surface area (Å²) >= 11 is 0. The Kier molecular flexibility index (Phi) is 4.89. The van der Waals surface area contributed by atoms with Crippen LogP contribution in [0.25, 0.3) is 0 Å². The summed E-state index contributed by atoms with van der Waals surface area (Å²) in [5, 5.41) is 12.1. The van der Waals surface area contributed by atoms with Gasteiger partial charge < -0.3 is 9.64 Å². The van der Waals surface area contributed by atoms with Crippen LogP contribution in [0.15, 0.2) is 0 Å². The Morgan fingerprint density at radius 2 is 2.05 bits per heavy atom. The van der Waals surface area contributed by atoms with Gasteiger partial charge in [-0.25, -0.2) is 4.79 Å². The number of carbonyl (C=O) groups is 2. The minimum Gasteiger partial charge on any atom is -0.379 e. The number of hydrogen-bond acceptors (Lipinski definition) is 7. The molecule has 0 spiro atoms. The zero-order valence-corrected chi connectivity index (χ0v) is 12.8. The molecule has 3 heterocycles. The van der Waals surface area contributed by atoms with E-state index in [1.807, 2.05) is 0 Å². The maximum atomic E-state index is 11.8. The van der Waals surface area contributed by atoms with Crippen molar-refractivity contribution in [3.05, 3.63) is 0 Å². The van der Waals surface area contributed by atoms with Crippen LogP contribution in [0.3, 0.4) is 0 Å². The molecule has 3 saturated heterocycles. The molecule has 124 valence electrons. The molecule has 4 N–H and O–H groups in total. The first-order valence-electron chi connectivity index (χ1n) is 7.78. The number of morpholine rings is 1. The molecule has 0 bridgehead atoms. The van der Waals surface area contributed by atoms with E-state index < -0.39 is 6.04 Å². The van der Waals surface area contributed by atoms with Gasteiger partial charge in [0, 0.05) is 20.1 Å². The van der Waals surface area contributed by atoms with Crippen molar-refractivity contribution in [2.45, 2.75) is 24.9 Å². The van der Waals surface area contributed by atoms with E-state index >= 15 is 0 Å². The second-order valence-corrected chi connectivity index (χ2v) is 5.86. The fourth-order valence-electron chi connectivity index (χ4n) is 3.03. The van der Waals surface area contributed by atoms with Gasteiger partial charge in [-0.1, -0.05) is 0 Å². The van der Waals surface area contributed by atoms with Crippen molar-refractivity contribution in [3.63, 3.8) is 0 Å². The number of fused-ring (bicyclic) bond motifs is 1. The SMILES string of the molecule is CN1C(=O)NC(=O)C2NC(NCCCN3CCOCC3)NC21. The Morgan fingerprint density at radius 1 is 1.27 bits per heavy atom. The van der Waals surface area contributed by atoms with Gasteiger partial charge in [0.15, 0.2) is 0 Å². The largest absolute Gasteiger partial charge is 0.379 e. The number of likely N-dealkylation sites (N-methyl/N-ethyl adjacent to an activating group) is 1. The molecule has 0 radical (unpaired) electrons. The minimum absolute atomic E-state index is 0.168. The fourth-order valence-corrected chi connectivity index (χ4v) is 3.03. The number of urea groups is 1. The minimum atomic E-state index is -0.417. The molecule has 3 rings (SSSR count). The Balaban J connectivity index is 1.39. The van der Waals surface area contributed by atoms with Crippen LogP contribution in [0.5, 0.6) is 0 Å². The summed E-state index contributed by atoms with van der Waals surface area (Å²) in [6.07, 6.45) is 0.549. The third-order valence-corrected chi connectivity index (χ3v) is 4.35. The second-order valence-electron chi connectivity index (χ2n) is 5.86. The third-order valence-electron chi connectivity index (χ3n) is 4.35. The van der Waals surface area contributed by atoms with Crippen molar-refractivity contribution in [2.75, 3.05) is 46.4 Å². The predicted octanol–water partition coefficient (Wildman–Crippen LogP) is -2.35. The number of nitrogens with zero attached hydrogens (tertiary/aromatic N) is 2. The van der Waals surface area contributed by atoms with Crippen LogP contribution >= 0.6 is 0 Å². The van der Waals surface area contributed by atoms with E-state index in [1.54, 1.807) is 7.05 Å². The Labute approximate surface area is 129 Å². The molecule has 0 aliphatic carbocycles. The number of amides is 3. The molecule has 9 heteroatoms. The molecule has 0 aromatic rings. The molecular formula is C13H24N6O3. The van der Waals surface area contributed by atoms with Crippen LogP contribution in [-0.2, 0) is 9.53 Å². The molecule has 3 aliphatic heterocycles. The van der Waals surface area contributed by atoms with Gasteiger partial charge in [0.1, 0.15) is 18.5 Å². The average Bonchev–Trinajstić information content (AvgIpc) is 2.95. The maximum Gasteiger partial charge on any atom is 0.325 e. The first kappa shape index (κ1) is 15.6. The van der Waals surface area contributed by atoms with E-state index in [4.69, 9.17) is 4.74 Å². The van der Waals surface area contributed by atoms with E-state index in [0.717, 1.165) is 45.8 Å². The van der Waals surface area contributed by atoms with Crippen molar-refractivity contribution >= 4 is 11.9 Å². The molecule has 3 unspecified atom stereocenters. The standard InChI is InChI=1S/C13H24N6O3/c1-18-10-9(11(20)17-13(18)21)15-12(16-10)14-3-2-4-19-5-7-22-8-6-19/h9-10,12,14-16H,2-8H2,1H3,(H,17,20,21). The van der Waals surface area contributed by atoms with Gasteiger partial charge in [-0.15, -0.1) is 0 Å². The van der Waals surface area contributed by atoms with Gasteiger partial charge in [-0.3, -0.25) is 31.0 Å². The number of imide groups is 1. The molecule has 3 atom stereocenters. The number of nitrogens with one attached hydrogen (secondary N) is 4. The Morgan fingerprint density at radius 3 is 2.82 bits per heavy atom. The highest BCUT2D eigenvalue weighted by atomic mass is 16.5. The molecular weight excluding hydrogens is 288 g/mol.